The Balaban J connectivity index is -0.000000686. The summed E-state index contributed by atoms with van der Waals surface area (Å²) in [4.78, 5) is 0. The Morgan fingerprint density at radius 3 is 1.50 bits per heavy atom. The van der Waals surface area contributed by atoms with Crippen LogP contribution in [0.5, 0.6) is 17.2 Å². The monoisotopic (exact) mass is 394 g/mol. The van der Waals surface area contributed by atoms with Crippen molar-refractivity contribution in [1.29, 1.82) is 0 Å². The van der Waals surface area contributed by atoms with Gasteiger partial charge in [-0.1, -0.05) is 30.3 Å². The van der Waals surface area contributed by atoms with E-state index in [1.807, 2.05) is 30.3 Å². The van der Waals surface area contributed by atoms with Crippen molar-refractivity contribution in [2.45, 2.75) is 6.42 Å². The van der Waals surface area contributed by atoms with E-state index in [4.69, 9.17) is 28.2 Å². The molecule has 0 aromatic heterocycles. The minimum absolute atomic E-state index is 0. The Morgan fingerprint density at radius 1 is 0.731 bits per heavy atom. The van der Waals surface area contributed by atoms with Crippen LogP contribution in [0.2, 0.25) is 0 Å². The van der Waals surface area contributed by atoms with Crippen LogP contribution in [-0.4, -0.2) is 21.3 Å². The summed E-state index contributed by atoms with van der Waals surface area (Å²) in [7, 11) is 4.94. The van der Waals surface area contributed by atoms with Crippen LogP contribution in [-0.2, 0) is 37.7 Å². The van der Waals surface area contributed by atoms with Gasteiger partial charge in [0.25, 0.3) is 0 Å². The SMILES string of the molecule is COc1cc(OC)c(Cc2ccccc2)c(OC)c1.[C-]#[O+].[C-]#[O+].[C-]#[O+].[Cr]. The molecule has 7 heteroatoms. The van der Waals surface area contributed by atoms with Gasteiger partial charge in [-0.2, -0.15) is 0 Å². The van der Waals surface area contributed by atoms with Gasteiger partial charge in [0.15, 0.2) is 0 Å². The molecule has 0 saturated carbocycles. The molecule has 2 rings (SSSR count). The third kappa shape index (κ3) is 9.17. The van der Waals surface area contributed by atoms with Crippen LogP contribution in [0.3, 0.4) is 0 Å². The fourth-order valence-electron chi connectivity index (χ4n) is 2.05. The Morgan fingerprint density at radius 2 is 1.15 bits per heavy atom. The normalized spacial score (nSPS) is 7.58. The second kappa shape index (κ2) is 18.9. The Hall–Kier alpha value is -2.41. The van der Waals surface area contributed by atoms with E-state index >= 15 is 0 Å². The maximum atomic E-state index is 7.50. The van der Waals surface area contributed by atoms with Crippen LogP contribution in [0.25, 0.3) is 0 Å². The van der Waals surface area contributed by atoms with E-state index in [-0.39, 0.29) is 17.4 Å². The molecule has 0 atom stereocenters. The van der Waals surface area contributed by atoms with Gasteiger partial charge in [-0.05, 0) is 5.56 Å². The number of ether oxygens (including phenoxy) is 3. The summed E-state index contributed by atoms with van der Waals surface area (Å²) in [6.07, 6.45) is 0.761. The molecule has 0 aliphatic carbocycles. The second-order valence-electron chi connectivity index (χ2n) is 4.17. The van der Waals surface area contributed by atoms with E-state index in [9.17, 15) is 0 Å². The molecule has 136 valence electrons. The first-order valence-electron chi connectivity index (χ1n) is 6.72. The van der Waals surface area contributed by atoms with Crippen molar-refractivity contribution in [3.63, 3.8) is 0 Å². The van der Waals surface area contributed by atoms with Gasteiger partial charge in [0.2, 0.25) is 0 Å². The van der Waals surface area contributed by atoms with Crippen LogP contribution >= 0.6 is 0 Å². The predicted octanol–water partition coefficient (Wildman–Crippen LogP) is 3.19. The Bertz CT molecular complexity index is 625. The minimum atomic E-state index is 0. The van der Waals surface area contributed by atoms with Crippen molar-refractivity contribution in [2.75, 3.05) is 21.3 Å². The Kier molecular flexibility index (Phi) is 20.7. The maximum Gasteiger partial charge on any atom is 0 e. The van der Waals surface area contributed by atoms with Gasteiger partial charge in [-0.15, -0.1) is 0 Å². The van der Waals surface area contributed by atoms with E-state index in [0.717, 1.165) is 29.2 Å². The number of rotatable bonds is 5. The average molecular weight is 394 g/mol. The van der Waals surface area contributed by atoms with Gasteiger partial charge in [0, 0.05) is 41.5 Å². The summed E-state index contributed by atoms with van der Waals surface area (Å²) in [5.41, 5.74) is 2.24. The molecule has 2 aromatic carbocycles. The van der Waals surface area contributed by atoms with E-state index in [1.54, 1.807) is 21.3 Å². The van der Waals surface area contributed by atoms with Gasteiger partial charge >= 0.3 is 33.9 Å². The van der Waals surface area contributed by atoms with Crippen molar-refractivity contribution in [1.82, 2.24) is 0 Å². The maximum absolute atomic E-state index is 7.50. The van der Waals surface area contributed by atoms with Gasteiger partial charge in [-0.25, -0.2) is 0 Å². The van der Waals surface area contributed by atoms with Crippen molar-refractivity contribution in [3.8, 4) is 17.2 Å². The zero-order chi connectivity index (χ0) is 19.7. The molecule has 6 nitrogen and oxygen atoms in total. The quantitative estimate of drug-likeness (QED) is 0.576. The zero-order valence-corrected chi connectivity index (χ0v) is 15.9. The van der Waals surface area contributed by atoms with Crippen molar-refractivity contribution < 1.29 is 45.5 Å². The van der Waals surface area contributed by atoms with E-state index in [2.05, 4.69) is 32.1 Å². The Labute approximate surface area is 164 Å². The predicted molar refractivity (Wildman–Crippen MR) is 87.1 cm³/mol. The van der Waals surface area contributed by atoms with Gasteiger partial charge in [-0.3, -0.25) is 0 Å². The molecule has 26 heavy (non-hydrogen) atoms. The van der Waals surface area contributed by atoms with Crippen molar-refractivity contribution in [3.05, 3.63) is 73.5 Å². The molecule has 0 aliphatic rings. The first-order chi connectivity index (χ1) is 12.3. The summed E-state index contributed by atoms with van der Waals surface area (Å²) >= 11 is 0. The molecule has 0 aliphatic heterocycles. The summed E-state index contributed by atoms with van der Waals surface area (Å²) in [6.45, 7) is 13.5. The number of benzene rings is 2. The fraction of sp³-hybridized carbons (Fsp3) is 0.211. The molecular weight excluding hydrogens is 376 g/mol. The molecule has 2 aromatic rings. The molecule has 0 amide bonds. The van der Waals surface area contributed by atoms with Gasteiger partial charge < -0.3 is 14.2 Å². The van der Waals surface area contributed by atoms with E-state index in [1.165, 1.54) is 5.56 Å². The zero-order valence-electron chi connectivity index (χ0n) is 14.6. The van der Waals surface area contributed by atoms with Crippen molar-refractivity contribution in [2.24, 2.45) is 0 Å². The van der Waals surface area contributed by atoms with E-state index < -0.39 is 0 Å². The van der Waals surface area contributed by atoms with Gasteiger partial charge in [0.05, 0.1) is 21.3 Å². The molecule has 0 radical (unpaired) electrons. The molecule has 0 spiro atoms. The second-order valence-corrected chi connectivity index (χ2v) is 4.17. The first kappa shape index (κ1) is 28.4. The summed E-state index contributed by atoms with van der Waals surface area (Å²) in [5, 5.41) is 0. The molecule has 0 bridgehead atoms. The smallest absolute Gasteiger partial charge is 0 e. The minimum Gasteiger partial charge on any atom is 0 e. The van der Waals surface area contributed by atoms with Crippen LogP contribution < -0.4 is 14.2 Å². The van der Waals surface area contributed by atoms with E-state index in [0.29, 0.717) is 0 Å². The molecule has 0 fully saturated rings. The number of methoxy groups -OCH3 is 3. The third-order valence-corrected chi connectivity index (χ3v) is 3.04. The standard InChI is InChI=1S/C16H18O3.3CO.Cr/c1-17-13-10-15(18-2)14(16(11-13)19-3)9-12-7-5-4-6-8-12;3*1-2;/h4-8,10-11H,9H2,1-3H3;;;;. The fourth-order valence-corrected chi connectivity index (χ4v) is 2.05. The molecule has 0 unspecified atom stereocenters. The summed E-state index contributed by atoms with van der Waals surface area (Å²) in [6, 6.07) is 14.0. The molecule has 0 heterocycles. The number of hydrogen-bond donors (Lipinski definition) is 0. The first-order valence-corrected chi connectivity index (χ1v) is 6.72. The van der Waals surface area contributed by atoms with Crippen LogP contribution in [0.15, 0.2) is 42.5 Å². The van der Waals surface area contributed by atoms with Crippen molar-refractivity contribution >= 4 is 0 Å². The topological polar surface area (TPSA) is 87.4 Å². The molecule has 0 N–H and O–H groups in total. The van der Waals surface area contributed by atoms with Crippen LogP contribution in [0.1, 0.15) is 11.1 Å². The largest absolute Gasteiger partial charge is 0 e. The third-order valence-electron chi connectivity index (χ3n) is 3.04. The molecular formula is C19H18CrO6. The van der Waals surface area contributed by atoms with Crippen LogP contribution in [0, 0.1) is 20.0 Å². The molecule has 0 saturated heterocycles. The average Bonchev–Trinajstić information content (AvgIpc) is 2.73. The van der Waals surface area contributed by atoms with Crippen LogP contribution in [0.4, 0.5) is 0 Å². The van der Waals surface area contributed by atoms with Gasteiger partial charge in [0.1, 0.15) is 17.2 Å². The number of hydrogen-bond acceptors (Lipinski definition) is 3. The summed E-state index contributed by atoms with van der Waals surface area (Å²) < 4.78 is 38.6. The summed E-state index contributed by atoms with van der Waals surface area (Å²) in [5.74, 6) is 2.28.